The van der Waals surface area contributed by atoms with Crippen LogP contribution in [-0.2, 0) is 0 Å². The number of aryl methyl sites for hydroxylation is 1. The quantitative estimate of drug-likeness (QED) is 0.630. The van der Waals surface area contributed by atoms with Gasteiger partial charge >= 0.3 is 0 Å². The number of benzene rings is 2. The molecule has 0 aliphatic carbocycles. The zero-order valence-corrected chi connectivity index (χ0v) is 17.2. The molecule has 0 saturated heterocycles. The van der Waals surface area contributed by atoms with Crippen molar-refractivity contribution in [3.05, 3.63) is 82.2 Å². The minimum atomic E-state index is -1.08. The van der Waals surface area contributed by atoms with E-state index in [0.29, 0.717) is 23.2 Å². The van der Waals surface area contributed by atoms with Crippen LogP contribution >= 0.6 is 0 Å². The molecule has 0 spiro atoms. The molecule has 156 valence electrons. The molecule has 0 radical (unpaired) electrons. The van der Waals surface area contributed by atoms with Gasteiger partial charge in [-0.3, -0.25) is 9.59 Å². The van der Waals surface area contributed by atoms with E-state index in [1.165, 1.54) is 5.56 Å². The second kappa shape index (κ2) is 8.10. The zero-order chi connectivity index (χ0) is 22.2. The average Bonchev–Trinajstić information content (AvgIpc) is 2.98. The Morgan fingerprint density at radius 1 is 1.00 bits per heavy atom. The van der Waals surface area contributed by atoms with Crippen LogP contribution in [0, 0.1) is 25.5 Å². The number of halogens is 2. The second-order valence-electron chi connectivity index (χ2n) is 7.50. The summed E-state index contributed by atoms with van der Waals surface area (Å²) in [7, 11) is 0. The highest BCUT2D eigenvalue weighted by molar-refractivity contribution is 6.06. The molecule has 0 aliphatic rings. The standard InChI is InChI=1S/C23H23F2N3O2/c1-12(2)15-6-5-7-16(9-15)28-13(3)8-17(14(28)4)23(30)27-21-10-18(22(26)29)19(24)11-20(21)25/h5-12H,1-4H3,(H2,26,29)(H,27,30). The van der Waals surface area contributed by atoms with Gasteiger partial charge in [0.15, 0.2) is 0 Å². The summed E-state index contributed by atoms with van der Waals surface area (Å²) in [5.41, 5.74) is 8.21. The molecule has 2 amide bonds. The van der Waals surface area contributed by atoms with Gasteiger partial charge in [-0.1, -0.05) is 26.0 Å². The first kappa shape index (κ1) is 21.2. The van der Waals surface area contributed by atoms with Gasteiger partial charge in [-0.2, -0.15) is 0 Å². The number of primary amides is 1. The van der Waals surface area contributed by atoms with Gasteiger partial charge in [-0.05, 0) is 49.6 Å². The van der Waals surface area contributed by atoms with E-state index in [2.05, 4.69) is 25.2 Å². The molecule has 5 nitrogen and oxygen atoms in total. The Morgan fingerprint density at radius 3 is 2.33 bits per heavy atom. The van der Waals surface area contributed by atoms with Crippen LogP contribution in [0.25, 0.3) is 5.69 Å². The monoisotopic (exact) mass is 411 g/mol. The second-order valence-corrected chi connectivity index (χ2v) is 7.50. The molecule has 2 aromatic carbocycles. The van der Waals surface area contributed by atoms with Crippen molar-refractivity contribution in [3.8, 4) is 5.69 Å². The fourth-order valence-electron chi connectivity index (χ4n) is 3.44. The summed E-state index contributed by atoms with van der Waals surface area (Å²) in [4.78, 5) is 24.1. The number of nitrogens with zero attached hydrogens (tertiary/aromatic N) is 1. The Balaban J connectivity index is 1.98. The zero-order valence-electron chi connectivity index (χ0n) is 17.2. The van der Waals surface area contributed by atoms with Crippen LogP contribution < -0.4 is 11.1 Å². The van der Waals surface area contributed by atoms with Gasteiger partial charge in [0.25, 0.3) is 11.8 Å². The van der Waals surface area contributed by atoms with E-state index in [1.807, 2.05) is 29.7 Å². The first-order valence-electron chi connectivity index (χ1n) is 9.49. The lowest BCUT2D eigenvalue weighted by molar-refractivity contribution is 0.0992. The maximum absolute atomic E-state index is 14.1. The van der Waals surface area contributed by atoms with Crippen LogP contribution in [0.4, 0.5) is 14.5 Å². The molecule has 1 aromatic heterocycles. The van der Waals surface area contributed by atoms with Crippen LogP contribution in [0.5, 0.6) is 0 Å². The average molecular weight is 411 g/mol. The largest absolute Gasteiger partial charge is 0.366 e. The van der Waals surface area contributed by atoms with Crippen molar-refractivity contribution in [3.63, 3.8) is 0 Å². The molecule has 0 bridgehead atoms. The number of hydrogen-bond donors (Lipinski definition) is 2. The number of rotatable bonds is 5. The van der Waals surface area contributed by atoms with Crippen LogP contribution in [0.3, 0.4) is 0 Å². The maximum Gasteiger partial charge on any atom is 0.257 e. The molecule has 3 N–H and O–H groups in total. The van der Waals surface area contributed by atoms with Crippen molar-refractivity contribution in [1.82, 2.24) is 4.57 Å². The SMILES string of the molecule is Cc1cc(C(=O)Nc2cc(C(N)=O)c(F)cc2F)c(C)n1-c1cccc(C(C)C)c1. The van der Waals surface area contributed by atoms with E-state index in [9.17, 15) is 18.4 Å². The Bertz CT molecular complexity index is 1150. The molecule has 0 unspecified atom stereocenters. The Morgan fingerprint density at radius 2 is 1.70 bits per heavy atom. The molecule has 7 heteroatoms. The molecule has 30 heavy (non-hydrogen) atoms. The predicted molar refractivity (Wildman–Crippen MR) is 112 cm³/mol. The van der Waals surface area contributed by atoms with Crippen LogP contribution in [0.1, 0.15) is 57.4 Å². The van der Waals surface area contributed by atoms with Gasteiger partial charge in [-0.15, -0.1) is 0 Å². The van der Waals surface area contributed by atoms with Crippen molar-refractivity contribution in [2.75, 3.05) is 5.32 Å². The molecular formula is C23H23F2N3O2. The maximum atomic E-state index is 14.1. The number of carbonyl (C=O) groups excluding carboxylic acids is 2. The lowest BCUT2D eigenvalue weighted by Crippen LogP contribution is -2.17. The summed E-state index contributed by atoms with van der Waals surface area (Å²) in [6.07, 6.45) is 0. The number of nitrogens with one attached hydrogen (secondary N) is 1. The van der Waals surface area contributed by atoms with Crippen LogP contribution in [0.2, 0.25) is 0 Å². The molecule has 0 aliphatic heterocycles. The summed E-state index contributed by atoms with van der Waals surface area (Å²) >= 11 is 0. The van der Waals surface area contributed by atoms with Crippen LogP contribution in [0.15, 0.2) is 42.5 Å². The smallest absolute Gasteiger partial charge is 0.257 e. The fourth-order valence-corrected chi connectivity index (χ4v) is 3.44. The number of carbonyl (C=O) groups is 2. The third-order valence-corrected chi connectivity index (χ3v) is 5.04. The minimum absolute atomic E-state index is 0.318. The van der Waals surface area contributed by atoms with E-state index in [4.69, 9.17) is 5.73 Å². The third kappa shape index (κ3) is 3.96. The normalized spacial score (nSPS) is 11.0. The lowest BCUT2D eigenvalue weighted by atomic mass is 10.0. The molecule has 0 atom stereocenters. The number of nitrogens with two attached hydrogens (primary N) is 1. The van der Waals surface area contributed by atoms with Crippen molar-refractivity contribution < 1.29 is 18.4 Å². The number of anilines is 1. The minimum Gasteiger partial charge on any atom is -0.366 e. The van der Waals surface area contributed by atoms with Crippen molar-refractivity contribution >= 4 is 17.5 Å². The van der Waals surface area contributed by atoms with E-state index in [0.717, 1.165) is 17.4 Å². The third-order valence-electron chi connectivity index (χ3n) is 5.04. The van der Waals surface area contributed by atoms with Gasteiger partial charge in [0, 0.05) is 23.1 Å². The first-order valence-corrected chi connectivity index (χ1v) is 9.49. The summed E-state index contributed by atoms with van der Waals surface area (Å²) in [5, 5.41) is 2.41. The van der Waals surface area contributed by atoms with Crippen molar-refractivity contribution in [1.29, 1.82) is 0 Å². The van der Waals surface area contributed by atoms with Gasteiger partial charge in [0.05, 0.1) is 16.8 Å². The molecule has 3 aromatic rings. The summed E-state index contributed by atoms with van der Waals surface area (Å²) in [6, 6.07) is 11.1. The number of hydrogen-bond acceptors (Lipinski definition) is 2. The van der Waals surface area contributed by atoms with Crippen LogP contribution in [-0.4, -0.2) is 16.4 Å². The highest BCUT2D eigenvalue weighted by atomic mass is 19.1. The lowest BCUT2D eigenvalue weighted by Gasteiger charge is -2.13. The molecule has 1 heterocycles. The Hall–Kier alpha value is -3.48. The van der Waals surface area contributed by atoms with Gasteiger partial charge in [-0.25, -0.2) is 8.78 Å². The van der Waals surface area contributed by atoms with E-state index in [-0.39, 0.29) is 5.69 Å². The first-order chi connectivity index (χ1) is 14.1. The molecule has 0 fully saturated rings. The summed E-state index contributed by atoms with van der Waals surface area (Å²) in [6.45, 7) is 7.87. The van der Waals surface area contributed by atoms with E-state index < -0.39 is 29.0 Å². The van der Waals surface area contributed by atoms with E-state index >= 15 is 0 Å². The summed E-state index contributed by atoms with van der Waals surface area (Å²) < 4.78 is 29.8. The molecule has 0 saturated carbocycles. The number of amides is 2. The summed E-state index contributed by atoms with van der Waals surface area (Å²) in [5.74, 6) is -3.35. The van der Waals surface area contributed by atoms with Crippen molar-refractivity contribution in [2.24, 2.45) is 5.73 Å². The van der Waals surface area contributed by atoms with Gasteiger partial charge in [0.2, 0.25) is 0 Å². The predicted octanol–water partition coefficient (Wildman–Crippen LogP) is 4.85. The van der Waals surface area contributed by atoms with Gasteiger partial charge in [0.1, 0.15) is 11.6 Å². The topological polar surface area (TPSA) is 77.1 Å². The molecular weight excluding hydrogens is 388 g/mol. The van der Waals surface area contributed by atoms with Gasteiger partial charge < -0.3 is 15.6 Å². The Labute approximate surface area is 173 Å². The molecule has 3 rings (SSSR count). The van der Waals surface area contributed by atoms with E-state index in [1.54, 1.807) is 13.0 Å². The van der Waals surface area contributed by atoms with Crippen molar-refractivity contribution in [2.45, 2.75) is 33.6 Å². The highest BCUT2D eigenvalue weighted by Gasteiger charge is 2.20. The highest BCUT2D eigenvalue weighted by Crippen LogP contribution is 2.26. The number of aromatic nitrogens is 1. The fraction of sp³-hybridized carbons (Fsp3) is 0.217. The Kier molecular flexibility index (Phi) is 5.73.